The minimum absolute atomic E-state index is 0.0723. The Kier molecular flexibility index (Phi) is 4.12. The molecule has 3 N–H and O–H groups in total. The van der Waals surface area contributed by atoms with Gasteiger partial charge in [-0.2, -0.15) is 0 Å². The van der Waals surface area contributed by atoms with Gasteiger partial charge in [0.05, 0.1) is 12.3 Å². The molecule has 1 aliphatic rings. The van der Waals surface area contributed by atoms with Crippen LogP contribution in [0.1, 0.15) is 28.1 Å². The lowest BCUT2D eigenvalue weighted by Crippen LogP contribution is -2.33. The fourth-order valence-electron chi connectivity index (χ4n) is 2.68. The number of carbonyl (C=O) groups excluding carboxylic acids is 1. The topological polar surface area (TPSA) is 64.3 Å². The number of carbonyl (C=O) groups is 1. The van der Waals surface area contributed by atoms with Gasteiger partial charge in [0.2, 0.25) is 0 Å². The molecule has 112 valence electrons. The molecule has 0 saturated carbocycles. The van der Waals surface area contributed by atoms with E-state index < -0.39 is 0 Å². The summed E-state index contributed by atoms with van der Waals surface area (Å²) in [6.45, 7) is 4.26. The van der Waals surface area contributed by atoms with Crippen molar-refractivity contribution in [2.75, 3.05) is 25.5 Å². The van der Waals surface area contributed by atoms with Gasteiger partial charge in [0.1, 0.15) is 4.88 Å². The summed E-state index contributed by atoms with van der Waals surface area (Å²) in [5.74, 6) is 0.345. The van der Waals surface area contributed by atoms with Crippen molar-refractivity contribution in [2.45, 2.75) is 19.8 Å². The van der Waals surface area contributed by atoms with Gasteiger partial charge in [-0.15, -0.1) is 11.3 Å². The molecule has 0 radical (unpaired) electrons. The maximum Gasteiger partial charge on any atom is 0.263 e. The van der Waals surface area contributed by atoms with Crippen LogP contribution in [0.2, 0.25) is 0 Å². The lowest BCUT2D eigenvalue weighted by atomic mass is 10.0. The molecule has 2 heterocycles. The Morgan fingerprint density at radius 1 is 1.52 bits per heavy atom. The van der Waals surface area contributed by atoms with Gasteiger partial charge in [-0.25, -0.2) is 0 Å². The van der Waals surface area contributed by atoms with Crippen molar-refractivity contribution in [3.63, 3.8) is 0 Å². The number of fused-ring (bicyclic) bond motifs is 1. The van der Waals surface area contributed by atoms with Gasteiger partial charge < -0.3 is 15.8 Å². The number of nitrogens with two attached hydrogens (primary N) is 1. The number of ether oxygens (including phenoxy) is 1. The van der Waals surface area contributed by atoms with Gasteiger partial charge in [-0.3, -0.25) is 4.79 Å². The molecule has 1 aromatic carbocycles. The maximum absolute atomic E-state index is 12.3. The fourth-order valence-corrected chi connectivity index (χ4v) is 3.70. The van der Waals surface area contributed by atoms with Crippen LogP contribution in [0.15, 0.2) is 18.2 Å². The van der Waals surface area contributed by atoms with Crippen LogP contribution in [0.25, 0.3) is 10.1 Å². The van der Waals surface area contributed by atoms with Crippen LogP contribution in [0, 0.1) is 12.8 Å². The number of nitrogen functional groups attached to an aromatic ring is 1. The SMILES string of the molecule is Cc1ccc2sc(C(=O)NCC3CCCOC3)c(N)c2c1. The smallest absolute Gasteiger partial charge is 0.263 e. The van der Waals surface area contributed by atoms with Crippen molar-refractivity contribution in [1.29, 1.82) is 0 Å². The normalized spacial score (nSPS) is 18.8. The molecule has 3 rings (SSSR count). The highest BCUT2D eigenvalue weighted by Crippen LogP contribution is 2.34. The summed E-state index contributed by atoms with van der Waals surface area (Å²) in [5.41, 5.74) is 7.89. The summed E-state index contributed by atoms with van der Waals surface area (Å²) in [4.78, 5) is 13.0. The average Bonchev–Trinajstić information content (AvgIpc) is 2.83. The lowest BCUT2D eigenvalue weighted by molar-refractivity contribution is 0.0537. The number of amides is 1. The highest BCUT2D eigenvalue weighted by atomic mass is 32.1. The molecule has 2 aromatic rings. The molecule has 1 aliphatic heterocycles. The fraction of sp³-hybridized carbons (Fsp3) is 0.438. The predicted molar refractivity (Wildman–Crippen MR) is 86.9 cm³/mol. The summed E-state index contributed by atoms with van der Waals surface area (Å²) >= 11 is 1.46. The molecule has 1 fully saturated rings. The first kappa shape index (κ1) is 14.4. The Morgan fingerprint density at radius 3 is 3.14 bits per heavy atom. The number of anilines is 1. The van der Waals surface area contributed by atoms with Crippen LogP contribution < -0.4 is 11.1 Å². The number of rotatable bonds is 3. The Bertz CT molecular complexity index is 660. The molecule has 5 heteroatoms. The van der Waals surface area contributed by atoms with Crippen LogP contribution in [0.4, 0.5) is 5.69 Å². The Labute approximate surface area is 128 Å². The minimum atomic E-state index is -0.0723. The molecule has 1 aromatic heterocycles. The van der Waals surface area contributed by atoms with Crippen LogP contribution in [0.5, 0.6) is 0 Å². The molecular formula is C16H20N2O2S. The zero-order valence-electron chi connectivity index (χ0n) is 12.1. The van der Waals surface area contributed by atoms with Crippen LogP contribution in [-0.2, 0) is 4.74 Å². The first-order valence-corrected chi connectivity index (χ1v) is 8.11. The van der Waals surface area contributed by atoms with Gasteiger partial charge in [-0.05, 0) is 37.8 Å². The quantitative estimate of drug-likeness (QED) is 0.916. The maximum atomic E-state index is 12.3. The number of benzene rings is 1. The minimum Gasteiger partial charge on any atom is -0.397 e. The van der Waals surface area contributed by atoms with Crippen LogP contribution in [0.3, 0.4) is 0 Å². The zero-order valence-corrected chi connectivity index (χ0v) is 13.0. The van der Waals surface area contributed by atoms with Crippen LogP contribution in [-0.4, -0.2) is 25.7 Å². The van der Waals surface area contributed by atoms with Crippen LogP contribution >= 0.6 is 11.3 Å². The van der Waals surface area contributed by atoms with E-state index in [1.807, 2.05) is 25.1 Å². The molecule has 0 bridgehead atoms. The van der Waals surface area contributed by atoms with Crippen molar-refractivity contribution in [3.8, 4) is 0 Å². The third-order valence-corrected chi connectivity index (χ3v) is 5.08. The number of nitrogens with one attached hydrogen (secondary N) is 1. The Hall–Kier alpha value is -1.59. The van der Waals surface area contributed by atoms with Gasteiger partial charge in [0, 0.05) is 23.2 Å². The van der Waals surface area contributed by atoms with E-state index in [1.165, 1.54) is 11.3 Å². The van der Waals surface area contributed by atoms with E-state index in [0.717, 1.165) is 41.7 Å². The van der Waals surface area contributed by atoms with Crippen molar-refractivity contribution in [2.24, 2.45) is 5.92 Å². The summed E-state index contributed by atoms with van der Waals surface area (Å²) in [5, 5.41) is 3.97. The van der Waals surface area contributed by atoms with Gasteiger partial charge >= 0.3 is 0 Å². The van der Waals surface area contributed by atoms with Gasteiger partial charge in [-0.1, -0.05) is 11.6 Å². The summed E-state index contributed by atoms with van der Waals surface area (Å²) in [6, 6.07) is 6.10. The van der Waals surface area contributed by atoms with E-state index in [2.05, 4.69) is 5.32 Å². The molecule has 4 nitrogen and oxygen atoms in total. The third-order valence-electron chi connectivity index (χ3n) is 3.89. The van der Waals surface area contributed by atoms with Crippen molar-refractivity contribution < 1.29 is 9.53 Å². The molecule has 1 amide bonds. The number of aryl methyl sites for hydroxylation is 1. The summed E-state index contributed by atoms with van der Waals surface area (Å²) in [7, 11) is 0. The predicted octanol–water partition coefficient (Wildman–Crippen LogP) is 2.95. The van der Waals surface area contributed by atoms with E-state index in [0.29, 0.717) is 23.0 Å². The summed E-state index contributed by atoms with van der Waals surface area (Å²) < 4.78 is 6.49. The first-order chi connectivity index (χ1) is 10.1. The Balaban J connectivity index is 1.73. The van der Waals surface area contributed by atoms with E-state index in [-0.39, 0.29) is 5.91 Å². The highest BCUT2D eigenvalue weighted by Gasteiger charge is 2.19. The highest BCUT2D eigenvalue weighted by molar-refractivity contribution is 7.21. The van der Waals surface area contributed by atoms with Gasteiger partial charge in [0.25, 0.3) is 5.91 Å². The summed E-state index contributed by atoms with van der Waals surface area (Å²) in [6.07, 6.45) is 2.19. The second kappa shape index (κ2) is 6.03. The van der Waals surface area contributed by atoms with E-state index in [9.17, 15) is 4.79 Å². The van der Waals surface area contributed by atoms with Crippen molar-refractivity contribution >= 4 is 33.0 Å². The monoisotopic (exact) mass is 304 g/mol. The first-order valence-electron chi connectivity index (χ1n) is 7.29. The largest absolute Gasteiger partial charge is 0.397 e. The molecule has 1 atom stereocenters. The van der Waals surface area contributed by atoms with E-state index >= 15 is 0 Å². The van der Waals surface area contributed by atoms with Crippen molar-refractivity contribution in [1.82, 2.24) is 5.32 Å². The standard InChI is InChI=1S/C16H20N2O2S/c1-10-4-5-13-12(7-10)14(17)15(21-13)16(19)18-8-11-3-2-6-20-9-11/h4-5,7,11H,2-3,6,8-9,17H2,1H3,(H,18,19). The third kappa shape index (κ3) is 3.04. The van der Waals surface area contributed by atoms with E-state index in [1.54, 1.807) is 0 Å². The molecule has 1 saturated heterocycles. The average molecular weight is 304 g/mol. The lowest BCUT2D eigenvalue weighted by Gasteiger charge is -2.22. The molecular weight excluding hydrogens is 284 g/mol. The number of thiophene rings is 1. The molecule has 0 spiro atoms. The second-order valence-corrected chi connectivity index (χ2v) is 6.69. The molecule has 0 aliphatic carbocycles. The number of hydrogen-bond acceptors (Lipinski definition) is 4. The Morgan fingerprint density at radius 2 is 2.38 bits per heavy atom. The zero-order chi connectivity index (χ0) is 14.8. The number of hydrogen-bond donors (Lipinski definition) is 2. The van der Waals surface area contributed by atoms with E-state index in [4.69, 9.17) is 10.5 Å². The van der Waals surface area contributed by atoms with Crippen molar-refractivity contribution in [3.05, 3.63) is 28.6 Å². The molecule has 21 heavy (non-hydrogen) atoms. The second-order valence-electron chi connectivity index (χ2n) is 5.64. The molecule has 1 unspecified atom stereocenters. The van der Waals surface area contributed by atoms with Gasteiger partial charge in [0.15, 0.2) is 0 Å².